The molecule has 1 aromatic rings. The number of ether oxygens (including phenoxy) is 3. The van der Waals surface area contributed by atoms with Crippen LogP contribution >= 0.6 is 15.9 Å². The molecule has 5 nitrogen and oxygen atoms in total. The monoisotopic (exact) mass is 343 g/mol. The molecule has 1 aliphatic rings. The Hall–Kier alpha value is -1.11. The van der Waals surface area contributed by atoms with Gasteiger partial charge in [-0.3, -0.25) is 9.69 Å². The van der Waals surface area contributed by atoms with Crippen molar-refractivity contribution in [1.29, 1.82) is 0 Å². The lowest BCUT2D eigenvalue weighted by molar-refractivity contribution is -0.153. The zero-order valence-electron chi connectivity index (χ0n) is 11.6. The van der Waals surface area contributed by atoms with Crippen LogP contribution in [0.5, 0.6) is 5.75 Å². The van der Waals surface area contributed by atoms with Gasteiger partial charge in [-0.15, -0.1) is 0 Å². The van der Waals surface area contributed by atoms with Gasteiger partial charge in [0.25, 0.3) is 0 Å². The number of carbonyl (C=O) groups excluding carboxylic acids is 1. The van der Waals surface area contributed by atoms with Crippen molar-refractivity contribution in [2.75, 3.05) is 34.0 Å². The van der Waals surface area contributed by atoms with E-state index >= 15 is 0 Å². The van der Waals surface area contributed by atoms with Crippen molar-refractivity contribution < 1.29 is 19.0 Å². The second-order valence-electron chi connectivity index (χ2n) is 4.55. The number of morpholine rings is 1. The molecular weight excluding hydrogens is 326 g/mol. The predicted octanol–water partition coefficient (Wildman–Crippen LogP) is 1.83. The van der Waals surface area contributed by atoms with Crippen LogP contribution in [0.4, 0.5) is 0 Å². The lowest BCUT2D eigenvalue weighted by atomic mass is 10.1. The van der Waals surface area contributed by atoms with Crippen LogP contribution in [-0.4, -0.2) is 50.9 Å². The molecule has 2 rings (SSSR count). The molecule has 1 saturated heterocycles. The normalized spacial score (nSPS) is 19.6. The maximum atomic E-state index is 11.8. The molecule has 0 bridgehead atoms. The quantitative estimate of drug-likeness (QED) is 0.780. The standard InChI is InChI=1S/C14H18BrNO4/c1-18-13-4-3-10(7-11(13)15)8-16-5-6-20-9-12(16)14(17)19-2/h3-4,7,12H,5-6,8-9H2,1-2H3. The highest BCUT2D eigenvalue weighted by Crippen LogP contribution is 2.26. The van der Waals surface area contributed by atoms with Crippen molar-refractivity contribution in [2.24, 2.45) is 0 Å². The molecule has 1 fully saturated rings. The van der Waals surface area contributed by atoms with Crippen LogP contribution in [0.1, 0.15) is 5.56 Å². The largest absolute Gasteiger partial charge is 0.496 e. The van der Waals surface area contributed by atoms with E-state index in [1.807, 2.05) is 18.2 Å². The molecule has 0 aromatic heterocycles. The summed E-state index contributed by atoms with van der Waals surface area (Å²) in [5, 5.41) is 0. The van der Waals surface area contributed by atoms with Gasteiger partial charge in [-0.2, -0.15) is 0 Å². The summed E-state index contributed by atoms with van der Waals surface area (Å²) in [6, 6.07) is 5.57. The Bertz CT molecular complexity index is 480. The molecule has 0 aliphatic carbocycles. The van der Waals surface area contributed by atoms with Crippen molar-refractivity contribution in [3.05, 3.63) is 28.2 Å². The molecule has 1 atom stereocenters. The molecule has 6 heteroatoms. The summed E-state index contributed by atoms with van der Waals surface area (Å²) in [6.45, 7) is 2.39. The summed E-state index contributed by atoms with van der Waals surface area (Å²) in [6.07, 6.45) is 0. The lowest BCUT2D eigenvalue weighted by Crippen LogP contribution is -2.49. The second-order valence-corrected chi connectivity index (χ2v) is 5.41. The molecule has 110 valence electrons. The van der Waals surface area contributed by atoms with E-state index < -0.39 is 0 Å². The van der Waals surface area contributed by atoms with Crippen LogP contribution in [0.2, 0.25) is 0 Å². The molecule has 0 amide bonds. The fourth-order valence-electron chi connectivity index (χ4n) is 2.22. The number of benzene rings is 1. The van der Waals surface area contributed by atoms with Crippen molar-refractivity contribution in [1.82, 2.24) is 4.90 Å². The molecule has 0 saturated carbocycles. The Labute approximate surface area is 126 Å². The van der Waals surface area contributed by atoms with Crippen molar-refractivity contribution >= 4 is 21.9 Å². The molecule has 0 radical (unpaired) electrons. The molecule has 0 N–H and O–H groups in total. The first-order chi connectivity index (χ1) is 9.65. The van der Waals surface area contributed by atoms with Crippen molar-refractivity contribution in [3.63, 3.8) is 0 Å². The van der Waals surface area contributed by atoms with Crippen LogP contribution in [0.3, 0.4) is 0 Å². The second kappa shape index (κ2) is 7.06. The number of rotatable bonds is 4. The lowest BCUT2D eigenvalue weighted by Gasteiger charge is -2.33. The van der Waals surface area contributed by atoms with E-state index in [-0.39, 0.29) is 12.0 Å². The van der Waals surface area contributed by atoms with Crippen LogP contribution in [-0.2, 0) is 20.8 Å². The van der Waals surface area contributed by atoms with E-state index in [1.54, 1.807) is 7.11 Å². The van der Waals surface area contributed by atoms with Gasteiger partial charge in [-0.25, -0.2) is 0 Å². The first kappa shape index (κ1) is 15.3. The fourth-order valence-corrected chi connectivity index (χ4v) is 2.81. The van der Waals surface area contributed by atoms with E-state index in [1.165, 1.54) is 7.11 Å². The van der Waals surface area contributed by atoms with Gasteiger partial charge in [0.15, 0.2) is 0 Å². The summed E-state index contributed by atoms with van der Waals surface area (Å²) in [5.41, 5.74) is 1.11. The van der Waals surface area contributed by atoms with Gasteiger partial charge in [0.1, 0.15) is 11.8 Å². The van der Waals surface area contributed by atoms with Gasteiger partial charge in [-0.05, 0) is 33.6 Å². The van der Waals surface area contributed by atoms with Crippen LogP contribution in [0, 0.1) is 0 Å². The predicted molar refractivity (Wildman–Crippen MR) is 77.7 cm³/mol. The molecule has 0 spiro atoms. The Morgan fingerprint density at radius 2 is 2.30 bits per heavy atom. The minimum absolute atomic E-state index is 0.253. The Morgan fingerprint density at radius 3 is 2.95 bits per heavy atom. The number of nitrogens with zero attached hydrogens (tertiary/aromatic N) is 1. The van der Waals surface area contributed by atoms with Gasteiger partial charge in [0.2, 0.25) is 0 Å². The van der Waals surface area contributed by atoms with Crippen LogP contribution < -0.4 is 4.74 Å². The summed E-state index contributed by atoms with van der Waals surface area (Å²) >= 11 is 3.47. The van der Waals surface area contributed by atoms with Gasteiger partial charge in [-0.1, -0.05) is 6.07 Å². The first-order valence-electron chi connectivity index (χ1n) is 6.37. The molecular formula is C14H18BrNO4. The van der Waals surface area contributed by atoms with E-state index in [9.17, 15) is 4.79 Å². The Kier molecular flexibility index (Phi) is 5.39. The molecule has 1 aliphatic heterocycles. The summed E-state index contributed by atoms with van der Waals surface area (Å²) in [7, 11) is 3.04. The highest BCUT2D eigenvalue weighted by Gasteiger charge is 2.30. The molecule has 1 aromatic carbocycles. The maximum Gasteiger partial charge on any atom is 0.325 e. The zero-order valence-corrected chi connectivity index (χ0v) is 13.2. The average Bonchev–Trinajstić information content (AvgIpc) is 2.47. The van der Waals surface area contributed by atoms with Gasteiger partial charge in [0, 0.05) is 13.1 Å². The third-order valence-corrected chi connectivity index (χ3v) is 3.93. The van der Waals surface area contributed by atoms with Crippen LogP contribution in [0.25, 0.3) is 0 Å². The number of hydrogen-bond acceptors (Lipinski definition) is 5. The smallest absolute Gasteiger partial charge is 0.325 e. The minimum atomic E-state index is -0.338. The first-order valence-corrected chi connectivity index (χ1v) is 7.17. The summed E-state index contributed by atoms with van der Waals surface area (Å²) < 4.78 is 16.3. The number of carbonyl (C=O) groups is 1. The van der Waals surface area contributed by atoms with E-state index in [0.29, 0.717) is 26.3 Å². The fraction of sp³-hybridized carbons (Fsp3) is 0.500. The number of halogens is 1. The SMILES string of the molecule is COC(=O)C1COCCN1Cc1ccc(OC)c(Br)c1. The number of hydrogen-bond donors (Lipinski definition) is 0. The van der Waals surface area contributed by atoms with E-state index in [2.05, 4.69) is 20.8 Å². The average molecular weight is 344 g/mol. The zero-order chi connectivity index (χ0) is 14.5. The summed E-state index contributed by atoms with van der Waals surface area (Å²) in [5.74, 6) is 0.539. The van der Waals surface area contributed by atoms with E-state index in [0.717, 1.165) is 15.8 Å². The highest BCUT2D eigenvalue weighted by atomic mass is 79.9. The van der Waals surface area contributed by atoms with Gasteiger partial charge < -0.3 is 14.2 Å². The van der Waals surface area contributed by atoms with E-state index in [4.69, 9.17) is 14.2 Å². The van der Waals surface area contributed by atoms with Gasteiger partial charge in [0.05, 0.1) is 31.9 Å². The summed E-state index contributed by atoms with van der Waals surface area (Å²) in [4.78, 5) is 13.8. The number of methoxy groups -OCH3 is 2. The third-order valence-electron chi connectivity index (χ3n) is 3.31. The third kappa shape index (κ3) is 3.50. The topological polar surface area (TPSA) is 48.0 Å². The molecule has 20 heavy (non-hydrogen) atoms. The number of esters is 1. The Morgan fingerprint density at radius 1 is 1.50 bits per heavy atom. The maximum absolute atomic E-state index is 11.8. The van der Waals surface area contributed by atoms with Crippen molar-refractivity contribution in [2.45, 2.75) is 12.6 Å². The molecule has 1 heterocycles. The minimum Gasteiger partial charge on any atom is -0.496 e. The molecule has 1 unspecified atom stereocenters. The van der Waals surface area contributed by atoms with Crippen LogP contribution in [0.15, 0.2) is 22.7 Å². The van der Waals surface area contributed by atoms with Crippen molar-refractivity contribution in [3.8, 4) is 5.75 Å². The van der Waals surface area contributed by atoms with Gasteiger partial charge >= 0.3 is 5.97 Å². The highest BCUT2D eigenvalue weighted by molar-refractivity contribution is 9.10. The Balaban J connectivity index is 2.10.